The molecular formula is C6H12BO. The minimum atomic E-state index is 0.486. The van der Waals surface area contributed by atoms with Gasteiger partial charge in [-0.25, -0.2) is 0 Å². The highest BCUT2D eigenvalue weighted by Gasteiger charge is 2.13. The smallest absolute Gasteiger partial charge is 0.149 e. The fourth-order valence-corrected chi connectivity index (χ4v) is 1.05. The molecule has 0 N–H and O–H groups in total. The zero-order valence-electron chi connectivity index (χ0n) is 5.39. The van der Waals surface area contributed by atoms with Crippen LogP contribution >= 0.6 is 0 Å². The molecule has 0 bridgehead atoms. The minimum absolute atomic E-state index is 0.486. The molecule has 0 amide bonds. The average molecular weight is 111 g/mol. The van der Waals surface area contributed by atoms with Crippen LogP contribution in [0.3, 0.4) is 0 Å². The Kier molecular flexibility index (Phi) is 2.41. The molecule has 1 fully saturated rings. The van der Waals surface area contributed by atoms with Crippen LogP contribution in [0.1, 0.15) is 19.8 Å². The van der Waals surface area contributed by atoms with Gasteiger partial charge in [-0.2, -0.15) is 0 Å². The van der Waals surface area contributed by atoms with E-state index in [9.17, 15) is 0 Å². The zero-order valence-corrected chi connectivity index (χ0v) is 5.39. The van der Waals surface area contributed by atoms with Gasteiger partial charge in [0.15, 0.2) is 0 Å². The number of hydrogen-bond donors (Lipinski definition) is 0. The van der Waals surface area contributed by atoms with Crippen LogP contribution in [0, 0.1) is 0 Å². The average Bonchev–Trinajstić information content (AvgIpc) is 2.19. The molecule has 0 spiro atoms. The van der Waals surface area contributed by atoms with Crippen molar-refractivity contribution in [3.05, 3.63) is 0 Å². The number of hydrogen-bond acceptors (Lipinski definition) is 1. The first kappa shape index (κ1) is 6.15. The summed E-state index contributed by atoms with van der Waals surface area (Å²) in [5.74, 6) is 0. The summed E-state index contributed by atoms with van der Waals surface area (Å²) in [6.07, 6.45) is 3.64. The van der Waals surface area contributed by atoms with Crippen molar-refractivity contribution in [2.45, 2.75) is 32.1 Å². The molecule has 0 aliphatic carbocycles. The fraction of sp³-hybridized carbons (Fsp3) is 1.00. The zero-order chi connectivity index (χ0) is 5.82. The highest BCUT2D eigenvalue weighted by molar-refractivity contribution is 6.37. The van der Waals surface area contributed by atoms with E-state index in [4.69, 9.17) is 4.74 Å². The van der Waals surface area contributed by atoms with Gasteiger partial charge in [-0.1, -0.05) is 13.2 Å². The molecule has 8 heavy (non-hydrogen) atoms. The normalized spacial score (nSPS) is 28.4. The second kappa shape index (κ2) is 3.13. The Morgan fingerprint density at radius 1 is 1.75 bits per heavy atom. The van der Waals surface area contributed by atoms with Gasteiger partial charge in [-0.05, 0) is 12.8 Å². The van der Waals surface area contributed by atoms with E-state index >= 15 is 0 Å². The Morgan fingerprint density at radius 2 is 2.62 bits per heavy atom. The molecule has 0 saturated carbocycles. The third-order valence-electron chi connectivity index (χ3n) is 1.46. The second-order valence-corrected chi connectivity index (χ2v) is 2.20. The molecule has 1 heterocycles. The van der Waals surface area contributed by atoms with Crippen LogP contribution in [0.15, 0.2) is 0 Å². The van der Waals surface area contributed by atoms with Gasteiger partial charge in [-0.3, -0.25) is 0 Å². The first-order valence-corrected chi connectivity index (χ1v) is 3.38. The Labute approximate surface area is 51.7 Å². The van der Waals surface area contributed by atoms with Crippen molar-refractivity contribution in [3.8, 4) is 0 Å². The van der Waals surface area contributed by atoms with Crippen molar-refractivity contribution >= 4 is 7.28 Å². The monoisotopic (exact) mass is 111 g/mol. The van der Waals surface area contributed by atoms with Crippen molar-refractivity contribution in [1.29, 1.82) is 0 Å². The van der Waals surface area contributed by atoms with Crippen LogP contribution < -0.4 is 0 Å². The van der Waals surface area contributed by atoms with E-state index in [1.54, 1.807) is 0 Å². The van der Waals surface area contributed by atoms with Gasteiger partial charge in [0.2, 0.25) is 0 Å². The summed E-state index contributed by atoms with van der Waals surface area (Å²) in [5.41, 5.74) is 0. The Balaban J connectivity index is 2.06. The summed E-state index contributed by atoms with van der Waals surface area (Å²) >= 11 is 0. The quantitative estimate of drug-likeness (QED) is 0.487. The maximum Gasteiger partial charge on any atom is 0.149 e. The molecule has 0 aromatic carbocycles. The number of rotatable bonds is 2. The van der Waals surface area contributed by atoms with Crippen molar-refractivity contribution in [2.24, 2.45) is 0 Å². The fourth-order valence-electron chi connectivity index (χ4n) is 1.05. The topological polar surface area (TPSA) is 9.23 Å². The predicted molar refractivity (Wildman–Crippen MR) is 35.2 cm³/mol. The lowest BCUT2D eigenvalue weighted by atomic mass is 9.68. The molecular weight excluding hydrogens is 98.9 g/mol. The summed E-state index contributed by atoms with van der Waals surface area (Å²) < 4.78 is 5.34. The van der Waals surface area contributed by atoms with Gasteiger partial charge < -0.3 is 4.74 Å². The molecule has 1 saturated heterocycles. The summed E-state index contributed by atoms with van der Waals surface area (Å²) in [6.45, 7) is 3.13. The van der Waals surface area contributed by atoms with E-state index < -0.39 is 0 Å². The third kappa shape index (κ3) is 1.51. The van der Waals surface area contributed by atoms with E-state index in [2.05, 4.69) is 14.2 Å². The lowest BCUT2D eigenvalue weighted by molar-refractivity contribution is 0.165. The van der Waals surface area contributed by atoms with Gasteiger partial charge in [0.05, 0.1) is 0 Å². The molecule has 1 radical (unpaired) electrons. The Bertz CT molecular complexity index is 59.5. The van der Waals surface area contributed by atoms with Crippen LogP contribution in [0.2, 0.25) is 6.32 Å². The highest BCUT2D eigenvalue weighted by Crippen LogP contribution is 2.10. The van der Waals surface area contributed by atoms with Crippen molar-refractivity contribution in [2.75, 3.05) is 6.61 Å². The SMILES string of the molecule is CC[B]C1CCCO1. The Hall–Kier alpha value is 0.0249. The Morgan fingerprint density at radius 3 is 3.12 bits per heavy atom. The van der Waals surface area contributed by atoms with E-state index in [1.165, 1.54) is 12.8 Å². The largest absolute Gasteiger partial charge is 0.387 e. The molecule has 1 aliphatic rings. The summed E-state index contributed by atoms with van der Waals surface area (Å²) in [6, 6.07) is 0.486. The highest BCUT2D eigenvalue weighted by atomic mass is 16.5. The van der Waals surface area contributed by atoms with Gasteiger partial charge in [0.25, 0.3) is 0 Å². The van der Waals surface area contributed by atoms with Crippen LogP contribution in [-0.2, 0) is 4.74 Å². The van der Waals surface area contributed by atoms with Crippen molar-refractivity contribution in [3.63, 3.8) is 0 Å². The molecule has 1 atom stereocenters. The standard InChI is InChI=1S/C6H12BO/c1-2-7-6-4-3-5-8-6/h6H,2-5H2,1H3. The second-order valence-electron chi connectivity index (χ2n) is 2.20. The summed E-state index contributed by atoms with van der Waals surface area (Å²) in [4.78, 5) is 0. The van der Waals surface area contributed by atoms with Gasteiger partial charge in [0.1, 0.15) is 7.28 Å². The first-order chi connectivity index (χ1) is 3.93. The lowest BCUT2D eigenvalue weighted by Crippen LogP contribution is -2.12. The molecule has 2 heteroatoms. The molecule has 1 rings (SSSR count). The van der Waals surface area contributed by atoms with Gasteiger partial charge in [0, 0.05) is 12.6 Å². The van der Waals surface area contributed by atoms with Crippen LogP contribution in [0.25, 0.3) is 0 Å². The molecule has 1 unspecified atom stereocenters. The molecule has 0 aromatic rings. The van der Waals surface area contributed by atoms with Crippen LogP contribution in [0.4, 0.5) is 0 Å². The van der Waals surface area contributed by atoms with Crippen LogP contribution in [-0.4, -0.2) is 19.9 Å². The van der Waals surface area contributed by atoms with Gasteiger partial charge >= 0.3 is 0 Å². The third-order valence-corrected chi connectivity index (χ3v) is 1.46. The predicted octanol–water partition coefficient (Wildman–Crippen LogP) is 1.27. The van der Waals surface area contributed by atoms with Crippen molar-refractivity contribution < 1.29 is 4.74 Å². The molecule has 0 aromatic heterocycles. The van der Waals surface area contributed by atoms with E-state index in [0.29, 0.717) is 6.00 Å². The van der Waals surface area contributed by atoms with E-state index in [-0.39, 0.29) is 0 Å². The molecule has 45 valence electrons. The van der Waals surface area contributed by atoms with Crippen molar-refractivity contribution in [1.82, 2.24) is 0 Å². The van der Waals surface area contributed by atoms with Crippen LogP contribution in [0.5, 0.6) is 0 Å². The first-order valence-electron chi connectivity index (χ1n) is 3.38. The molecule has 1 nitrogen and oxygen atoms in total. The minimum Gasteiger partial charge on any atom is -0.387 e. The number of ether oxygens (including phenoxy) is 1. The van der Waals surface area contributed by atoms with E-state index in [1.807, 2.05) is 0 Å². The maximum absolute atomic E-state index is 5.34. The maximum atomic E-state index is 5.34. The lowest BCUT2D eigenvalue weighted by Gasteiger charge is -2.03. The molecule has 1 aliphatic heterocycles. The summed E-state index contributed by atoms with van der Waals surface area (Å²) in [5, 5.41) is 0. The van der Waals surface area contributed by atoms with E-state index in [0.717, 1.165) is 12.9 Å². The summed E-state index contributed by atoms with van der Waals surface area (Å²) in [7, 11) is 2.24. The van der Waals surface area contributed by atoms with Gasteiger partial charge in [-0.15, -0.1) is 0 Å².